The largest absolute Gasteiger partial charge is 0.360 e. The summed E-state index contributed by atoms with van der Waals surface area (Å²) in [4.78, 5) is 18.0. The number of aliphatic imine (C=N–C) groups is 1. The molecule has 0 amide bonds. The molecule has 108 valence electrons. The van der Waals surface area contributed by atoms with E-state index in [1.807, 2.05) is 6.92 Å². The molecule has 0 radical (unpaired) electrons. The Kier molecular flexibility index (Phi) is 7.14. The van der Waals surface area contributed by atoms with Crippen molar-refractivity contribution in [2.75, 3.05) is 19.0 Å². The molecule has 4 heteroatoms. The lowest BCUT2D eigenvalue weighted by Crippen LogP contribution is -2.29. The van der Waals surface area contributed by atoms with Gasteiger partial charge < -0.3 is 4.90 Å². The molecule has 19 heavy (non-hydrogen) atoms. The van der Waals surface area contributed by atoms with Crippen molar-refractivity contribution in [3.63, 3.8) is 0 Å². The molecule has 0 aromatic carbocycles. The fourth-order valence-corrected chi connectivity index (χ4v) is 2.41. The van der Waals surface area contributed by atoms with Crippen LogP contribution in [-0.4, -0.2) is 36.0 Å². The maximum Gasteiger partial charge on any atom is 0.149 e. The van der Waals surface area contributed by atoms with Gasteiger partial charge in [-0.15, -0.1) is 11.6 Å². The van der Waals surface area contributed by atoms with Crippen molar-refractivity contribution in [1.82, 2.24) is 4.90 Å². The van der Waals surface area contributed by atoms with E-state index in [0.717, 1.165) is 43.7 Å². The molecule has 1 saturated heterocycles. The molecule has 1 unspecified atom stereocenters. The Morgan fingerprint density at radius 3 is 2.53 bits per heavy atom. The summed E-state index contributed by atoms with van der Waals surface area (Å²) in [5, 5.41) is 0. The molecule has 0 bridgehead atoms. The van der Waals surface area contributed by atoms with Crippen LogP contribution < -0.4 is 0 Å². The topological polar surface area (TPSA) is 32.7 Å². The minimum absolute atomic E-state index is 0.232. The van der Waals surface area contributed by atoms with Crippen LogP contribution in [0.15, 0.2) is 16.3 Å². The van der Waals surface area contributed by atoms with Crippen LogP contribution in [0.25, 0.3) is 0 Å². The van der Waals surface area contributed by atoms with Gasteiger partial charge in [0.2, 0.25) is 0 Å². The van der Waals surface area contributed by atoms with Gasteiger partial charge in [0.05, 0.1) is 5.88 Å². The van der Waals surface area contributed by atoms with Crippen molar-refractivity contribution in [3.8, 4) is 0 Å². The maximum absolute atomic E-state index is 10.9. The first kappa shape index (κ1) is 16.2. The SMILES string of the molecule is CCC(C)CC(=NC(C)=C(C=O)CCl)N1CCCC1. The Morgan fingerprint density at radius 1 is 1.42 bits per heavy atom. The summed E-state index contributed by atoms with van der Waals surface area (Å²) in [7, 11) is 0. The van der Waals surface area contributed by atoms with Crippen molar-refractivity contribution in [2.24, 2.45) is 10.9 Å². The van der Waals surface area contributed by atoms with Gasteiger partial charge in [0, 0.05) is 30.8 Å². The van der Waals surface area contributed by atoms with Crippen LogP contribution in [0.1, 0.15) is 46.5 Å². The van der Waals surface area contributed by atoms with Gasteiger partial charge in [0.1, 0.15) is 12.1 Å². The second-order valence-electron chi connectivity index (χ2n) is 5.30. The first-order valence-corrected chi connectivity index (χ1v) is 7.69. The second-order valence-corrected chi connectivity index (χ2v) is 5.57. The van der Waals surface area contributed by atoms with E-state index >= 15 is 0 Å². The third-order valence-corrected chi connectivity index (χ3v) is 4.03. The lowest BCUT2D eigenvalue weighted by Gasteiger charge is -2.22. The van der Waals surface area contributed by atoms with Crippen LogP contribution in [0, 0.1) is 5.92 Å². The number of aldehydes is 1. The number of likely N-dealkylation sites (tertiary alicyclic amines) is 1. The van der Waals surface area contributed by atoms with Crippen molar-refractivity contribution < 1.29 is 4.79 Å². The summed E-state index contributed by atoms with van der Waals surface area (Å²) < 4.78 is 0. The fraction of sp³-hybridized carbons (Fsp3) is 0.733. The Labute approximate surface area is 121 Å². The van der Waals surface area contributed by atoms with Crippen molar-refractivity contribution in [1.29, 1.82) is 0 Å². The van der Waals surface area contributed by atoms with Crippen LogP contribution in [-0.2, 0) is 4.79 Å². The number of hydrogen-bond acceptors (Lipinski definition) is 2. The normalized spacial score (nSPS) is 19.4. The molecule has 0 aromatic heterocycles. The van der Waals surface area contributed by atoms with Crippen LogP contribution in [0.4, 0.5) is 0 Å². The van der Waals surface area contributed by atoms with Gasteiger partial charge in [-0.05, 0) is 25.7 Å². The first-order valence-electron chi connectivity index (χ1n) is 7.15. The number of hydrogen-bond donors (Lipinski definition) is 0. The number of nitrogens with zero attached hydrogens (tertiary/aromatic N) is 2. The van der Waals surface area contributed by atoms with Crippen molar-refractivity contribution in [2.45, 2.75) is 46.5 Å². The van der Waals surface area contributed by atoms with Crippen LogP contribution in [0.3, 0.4) is 0 Å². The van der Waals surface area contributed by atoms with E-state index in [1.54, 1.807) is 0 Å². The molecule has 0 saturated carbocycles. The third-order valence-electron chi connectivity index (χ3n) is 3.75. The van der Waals surface area contributed by atoms with Gasteiger partial charge in [-0.1, -0.05) is 20.3 Å². The molecule has 0 aliphatic carbocycles. The lowest BCUT2D eigenvalue weighted by atomic mass is 10.0. The predicted octanol–water partition coefficient (Wildman–Crippen LogP) is 3.63. The highest BCUT2D eigenvalue weighted by Gasteiger charge is 2.18. The first-order chi connectivity index (χ1) is 9.12. The van der Waals surface area contributed by atoms with E-state index in [9.17, 15) is 4.79 Å². The van der Waals surface area contributed by atoms with Gasteiger partial charge in [0.15, 0.2) is 0 Å². The standard InChI is InChI=1S/C15H25ClN2O/c1-4-12(2)9-15(18-7-5-6-8-18)17-13(3)14(10-16)11-19/h11-12H,4-10H2,1-3H3. The Bertz CT molecular complexity index is 357. The fourth-order valence-electron chi connectivity index (χ4n) is 2.16. The third kappa shape index (κ3) is 4.98. The molecule has 1 fully saturated rings. The summed E-state index contributed by atoms with van der Waals surface area (Å²) in [6, 6.07) is 0. The summed E-state index contributed by atoms with van der Waals surface area (Å²) in [5.74, 6) is 1.96. The van der Waals surface area contributed by atoms with Crippen molar-refractivity contribution >= 4 is 23.7 Å². The van der Waals surface area contributed by atoms with E-state index in [2.05, 4.69) is 18.7 Å². The molecule has 0 aromatic rings. The van der Waals surface area contributed by atoms with Gasteiger partial charge >= 0.3 is 0 Å². The van der Waals surface area contributed by atoms with Gasteiger partial charge in [-0.2, -0.15) is 0 Å². The number of carbonyl (C=O) groups is 1. The number of rotatable bonds is 6. The van der Waals surface area contributed by atoms with E-state index in [1.165, 1.54) is 12.8 Å². The van der Waals surface area contributed by atoms with E-state index in [4.69, 9.17) is 16.6 Å². The zero-order valence-corrected chi connectivity index (χ0v) is 13.0. The molecular formula is C15H25ClN2O. The van der Waals surface area contributed by atoms with Crippen molar-refractivity contribution in [3.05, 3.63) is 11.3 Å². The molecule has 0 spiro atoms. The highest BCUT2D eigenvalue weighted by molar-refractivity contribution is 6.21. The van der Waals surface area contributed by atoms with E-state index in [-0.39, 0.29) is 5.88 Å². The minimum Gasteiger partial charge on any atom is -0.360 e. The number of alkyl halides is 1. The minimum atomic E-state index is 0.232. The van der Waals surface area contributed by atoms with Crippen LogP contribution in [0.2, 0.25) is 0 Å². The van der Waals surface area contributed by atoms with Gasteiger partial charge in [-0.3, -0.25) is 4.79 Å². The molecule has 0 N–H and O–H groups in total. The molecule has 1 aliphatic rings. The van der Waals surface area contributed by atoms with Crippen LogP contribution >= 0.6 is 11.6 Å². The van der Waals surface area contributed by atoms with Gasteiger partial charge in [0.25, 0.3) is 0 Å². The Morgan fingerprint density at radius 2 is 2.05 bits per heavy atom. The number of carbonyl (C=O) groups excluding carboxylic acids is 1. The quantitative estimate of drug-likeness (QED) is 0.245. The summed E-state index contributed by atoms with van der Waals surface area (Å²) in [6.07, 6.45) is 5.40. The highest BCUT2D eigenvalue weighted by atomic mass is 35.5. The highest BCUT2D eigenvalue weighted by Crippen LogP contribution is 2.18. The predicted molar refractivity (Wildman–Crippen MR) is 81.8 cm³/mol. The summed E-state index contributed by atoms with van der Waals surface area (Å²) in [5.41, 5.74) is 1.35. The van der Waals surface area contributed by atoms with Gasteiger partial charge in [-0.25, -0.2) is 4.99 Å². The zero-order chi connectivity index (χ0) is 14.3. The second kappa shape index (κ2) is 8.36. The molecular weight excluding hydrogens is 260 g/mol. The Balaban J connectivity index is 2.93. The molecule has 3 nitrogen and oxygen atoms in total. The average molecular weight is 285 g/mol. The summed E-state index contributed by atoms with van der Waals surface area (Å²) in [6.45, 7) is 8.48. The summed E-state index contributed by atoms with van der Waals surface area (Å²) >= 11 is 5.77. The zero-order valence-electron chi connectivity index (χ0n) is 12.3. The molecule has 1 atom stereocenters. The van der Waals surface area contributed by atoms with E-state index < -0.39 is 0 Å². The van der Waals surface area contributed by atoms with Crippen LogP contribution in [0.5, 0.6) is 0 Å². The molecule has 1 rings (SSSR count). The average Bonchev–Trinajstić information content (AvgIpc) is 2.93. The lowest BCUT2D eigenvalue weighted by molar-refractivity contribution is -0.104. The number of allylic oxidation sites excluding steroid dienone is 2. The monoisotopic (exact) mass is 284 g/mol. The molecule has 1 heterocycles. The van der Waals surface area contributed by atoms with E-state index in [0.29, 0.717) is 11.5 Å². The Hall–Kier alpha value is -0.830. The number of amidine groups is 1. The number of halogens is 1. The molecule has 1 aliphatic heterocycles. The smallest absolute Gasteiger partial charge is 0.149 e. The maximum atomic E-state index is 10.9.